The molecule has 1 heterocycles. The third-order valence-electron chi connectivity index (χ3n) is 3.52. The highest BCUT2D eigenvalue weighted by atomic mass is 19.1. The predicted molar refractivity (Wildman–Crippen MR) is 79.3 cm³/mol. The van der Waals surface area contributed by atoms with Gasteiger partial charge in [0.1, 0.15) is 5.82 Å². The molecule has 0 spiro atoms. The minimum absolute atomic E-state index is 0.128. The van der Waals surface area contributed by atoms with Crippen LogP contribution in [0.1, 0.15) is 36.5 Å². The molecule has 1 aromatic rings. The van der Waals surface area contributed by atoms with Crippen molar-refractivity contribution in [2.45, 2.75) is 32.3 Å². The van der Waals surface area contributed by atoms with Crippen LogP contribution in [0.25, 0.3) is 0 Å². The lowest BCUT2D eigenvalue weighted by molar-refractivity contribution is -0.0316. The van der Waals surface area contributed by atoms with E-state index in [2.05, 4.69) is 5.32 Å². The van der Waals surface area contributed by atoms with Gasteiger partial charge >= 0.3 is 0 Å². The van der Waals surface area contributed by atoms with Gasteiger partial charge in [-0.3, -0.25) is 4.79 Å². The van der Waals surface area contributed by atoms with Gasteiger partial charge in [-0.2, -0.15) is 0 Å². The first-order valence-electron chi connectivity index (χ1n) is 7.41. The number of rotatable bonds is 7. The monoisotopic (exact) mass is 295 g/mol. The highest BCUT2D eigenvalue weighted by Gasteiger charge is 2.14. The van der Waals surface area contributed by atoms with Crippen molar-refractivity contribution in [1.29, 1.82) is 0 Å². The molecule has 0 aliphatic carbocycles. The summed E-state index contributed by atoms with van der Waals surface area (Å²) in [4.78, 5) is 11.5. The van der Waals surface area contributed by atoms with Gasteiger partial charge in [-0.25, -0.2) is 4.39 Å². The molecule has 1 aromatic carbocycles. The number of carbonyl (C=O) groups excluding carboxylic acids is 1. The molecule has 0 atom stereocenters. The summed E-state index contributed by atoms with van der Waals surface area (Å²) in [6.07, 6.45) is 3.00. The average molecular weight is 295 g/mol. The van der Waals surface area contributed by atoms with E-state index < -0.39 is 5.82 Å². The Kier molecular flexibility index (Phi) is 6.14. The fraction of sp³-hybridized carbons (Fsp3) is 0.562. The number of anilines is 1. The first-order valence-corrected chi connectivity index (χ1v) is 7.41. The summed E-state index contributed by atoms with van der Waals surface area (Å²) in [5.41, 5.74) is 0.677. The summed E-state index contributed by atoms with van der Waals surface area (Å²) in [5, 5.41) is 3.11. The Bertz CT molecular complexity index is 473. The van der Waals surface area contributed by atoms with Crippen molar-refractivity contribution in [3.8, 4) is 0 Å². The Morgan fingerprint density at radius 3 is 2.90 bits per heavy atom. The van der Waals surface area contributed by atoms with E-state index in [1.54, 1.807) is 12.1 Å². The van der Waals surface area contributed by atoms with Crippen molar-refractivity contribution in [2.75, 3.05) is 31.7 Å². The predicted octanol–water partition coefficient (Wildman–Crippen LogP) is 3.03. The summed E-state index contributed by atoms with van der Waals surface area (Å²) < 4.78 is 24.7. The van der Waals surface area contributed by atoms with E-state index in [-0.39, 0.29) is 11.3 Å². The maximum absolute atomic E-state index is 13.6. The van der Waals surface area contributed by atoms with E-state index in [4.69, 9.17) is 9.47 Å². The first kappa shape index (κ1) is 15.9. The highest BCUT2D eigenvalue weighted by Crippen LogP contribution is 2.19. The number of ketones is 1. The number of hydrogen-bond donors (Lipinski definition) is 1. The molecule has 0 bridgehead atoms. The molecule has 0 unspecified atom stereocenters. The number of benzene rings is 1. The molecule has 0 radical (unpaired) electrons. The summed E-state index contributed by atoms with van der Waals surface area (Å²) in [6.45, 7) is 4.22. The number of carbonyl (C=O) groups is 1. The van der Waals surface area contributed by atoms with Gasteiger partial charge in [0.2, 0.25) is 0 Å². The Morgan fingerprint density at radius 2 is 2.19 bits per heavy atom. The molecular weight excluding hydrogens is 273 g/mol. The van der Waals surface area contributed by atoms with Gasteiger partial charge in [0.25, 0.3) is 0 Å². The van der Waals surface area contributed by atoms with Crippen molar-refractivity contribution in [2.24, 2.45) is 0 Å². The summed E-state index contributed by atoms with van der Waals surface area (Å²) in [5.74, 6) is -0.750. The molecule has 1 saturated heterocycles. The normalized spacial score (nSPS) is 15.9. The van der Waals surface area contributed by atoms with E-state index in [1.165, 1.54) is 13.0 Å². The van der Waals surface area contributed by atoms with Crippen LogP contribution in [-0.4, -0.2) is 38.3 Å². The smallest absolute Gasteiger partial charge is 0.164 e. The lowest BCUT2D eigenvalue weighted by atomic mass is 10.1. The van der Waals surface area contributed by atoms with Crippen LogP contribution in [0.2, 0.25) is 0 Å². The first-order chi connectivity index (χ1) is 10.2. The third kappa shape index (κ3) is 4.79. The van der Waals surface area contributed by atoms with Gasteiger partial charge in [-0.15, -0.1) is 0 Å². The van der Waals surface area contributed by atoms with Gasteiger partial charge in [-0.05, 0) is 38.3 Å². The second-order valence-electron chi connectivity index (χ2n) is 5.18. The van der Waals surface area contributed by atoms with Crippen molar-refractivity contribution in [3.63, 3.8) is 0 Å². The van der Waals surface area contributed by atoms with E-state index in [0.717, 1.165) is 32.5 Å². The van der Waals surface area contributed by atoms with Crippen LogP contribution >= 0.6 is 0 Å². The lowest BCUT2D eigenvalue weighted by Crippen LogP contribution is -2.24. The molecule has 0 saturated carbocycles. The molecule has 1 fully saturated rings. The minimum Gasteiger partial charge on any atom is -0.384 e. The summed E-state index contributed by atoms with van der Waals surface area (Å²) in [6, 6.07) is 4.62. The maximum Gasteiger partial charge on any atom is 0.164 e. The molecule has 1 aliphatic rings. The van der Waals surface area contributed by atoms with Gasteiger partial charge in [0.05, 0.1) is 11.7 Å². The second kappa shape index (κ2) is 8.10. The Labute approximate surface area is 124 Å². The molecule has 0 aromatic heterocycles. The molecule has 1 aliphatic heterocycles. The Balaban J connectivity index is 1.73. The molecule has 2 rings (SSSR count). The van der Waals surface area contributed by atoms with Crippen LogP contribution in [0.4, 0.5) is 10.1 Å². The van der Waals surface area contributed by atoms with Crippen LogP contribution in [0, 0.1) is 5.82 Å². The number of Topliss-reactive ketones (excluding diaryl/α,β-unsaturated/α-hetero) is 1. The molecule has 1 N–H and O–H groups in total. The largest absolute Gasteiger partial charge is 0.384 e. The molecular formula is C16H22FNO3. The van der Waals surface area contributed by atoms with Crippen molar-refractivity contribution in [1.82, 2.24) is 0 Å². The number of ether oxygens (including phenoxy) is 2. The standard InChI is InChI=1S/C16H22FNO3/c1-12(19)16-14(17)4-2-5-15(16)18-8-3-9-21-13-6-10-20-11-7-13/h2,4-5,13,18H,3,6-11H2,1H3. The summed E-state index contributed by atoms with van der Waals surface area (Å²) >= 11 is 0. The van der Waals surface area contributed by atoms with Crippen LogP contribution in [0.5, 0.6) is 0 Å². The van der Waals surface area contributed by atoms with Crippen molar-refractivity contribution < 1.29 is 18.7 Å². The topological polar surface area (TPSA) is 47.6 Å². The third-order valence-corrected chi connectivity index (χ3v) is 3.52. The molecule has 5 heteroatoms. The molecule has 21 heavy (non-hydrogen) atoms. The van der Waals surface area contributed by atoms with Gasteiger partial charge in [-0.1, -0.05) is 6.07 Å². The molecule has 4 nitrogen and oxygen atoms in total. The minimum atomic E-state index is -0.481. The van der Waals surface area contributed by atoms with E-state index >= 15 is 0 Å². The average Bonchev–Trinajstić information content (AvgIpc) is 2.47. The van der Waals surface area contributed by atoms with Crippen LogP contribution in [0.3, 0.4) is 0 Å². The number of halogens is 1. The zero-order chi connectivity index (χ0) is 15.1. The second-order valence-corrected chi connectivity index (χ2v) is 5.18. The lowest BCUT2D eigenvalue weighted by Gasteiger charge is -2.22. The Hall–Kier alpha value is -1.46. The zero-order valence-electron chi connectivity index (χ0n) is 12.4. The fourth-order valence-electron chi connectivity index (χ4n) is 2.42. The van der Waals surface area contributed by atoms with Crippen molar-refractivity contribution in [3.05, 3.63) is 29.6 Å². The highest BCUT2D eigenvalue weighted by molar-refractivity contribution is 5.99. The van der Waals surface area contributed by atoms with E-state index in [1.807, 2.05) is 0 Å². The van der Waals surface area contributed by atoms with E-state index in [9.17, 15) is 9.18 Å². The SMILES string of the molecule is CC(=O)c1c(F)cccc1NCCCOC1CCOCC1. The summed E-state index contributed by atoms with van der Waals surface area (Å²) in [7, 11) is 0. The van der Waals surface area contributed by atoms with Gasteiger partial charge < -0.3 is 14.8 Å². The van der Waals surface area contributed by atoms with Crippen LogP contribution < -0.4 is 5.32 Å². The fourth-order valence-corrected chi connectivity index (χ4v) is 2.42. The number of hydrogen-bond acceptors (Lipinski definition) is 4. The van der Waals surface area contributed by atoms with E-state index in [0.29, 0.717) is 24.9 Å². The quantitative estimate of drug-likeness (QED) is 0.620. The zero-order valence-corrected chi connectivity index (χ0v) is 12.4. The maximum atomic E-state index is 13.6. The van der Waals surface area contributed by atoms with Gasteiger partial charge in [0, 0.05) is 32.1 Å². The van der Waals surface area contributed by atoms with Gasteiger partial charge in [0.15, 0.2) is 5.78 Å². The number of nitrogens with one attached hydrogen (secondary N) is 1. The Morgan fingerprint density at radius 1 is 1.43 bits per heavy atom. The molecule has 0 amide bonds. The van der Waals surface area contributed by atoms with Crippen LogP contribution in [-0.2, 0) is 9.47 Å². The molecule has 116 valence electrons. The van der Waals surface area contributed by atoms with Crippen molar-refractivity contribution >= 4 is 11.5 Å². The van der Waals surface area contributed by atoms with Crippen LogP contribution in [0.15, 0.2) is 18.2 Å².